The summed E-state index contributed by atoms with van der Waals surface area (Å²) in [6.45, 7) is 2.19. The minimum atomic E-state index is -4.45. The molecule has 21 heavy (non-hydrogen) atoms. The van der Waals surface area contributed by atoms with Crippen molar-refractivity contribution < 1.29 is 18.0 Å². The molecule has 6 heteroatoms. The Hall–Kier alpha value is -2.24. The van der Waals surface area contributed by atoms with Crippen molar-refractivity contribution in [2.24, 2.45) is 7.05 Å². The molecule has 0 spiro atoms. The lowest BCUT2D eigenvalue weighted by molar-refractivity contribution is -0.137. The van der Waals surface area contributed by atoms with Crippen molar-refractivity contribution in [1.82, 2.24) is 9.88 Å². The van der Waals surface area contributed by atoms with Gasteiger partial charge in [0.2, 0.25) is 0 Å². The molecule has 0 saturated heterocycles. The van der Waals surface area contributed by atoms with E-state index in [4.69, 9.17) is 0 Å². The van der Waals surface area contributed by atoms with Gasteiger partial charge in [0.15, 0.2) is 0 Å². The Bertz CT molecular complexity index is 659. The first kappa shape index (κ1) is 15.2. The van der Waals surface area contributed by atoms with Gasteiger partial charge in [0.05, 0.1) is 12.1 Å². The summed E-state index contributed by atoms with van der Waals surface area (Å²) in [5.74, 6) is -0.528. The molecule has 0 radical (unpaired) electrons. The van der Waals surface area contributed by atoms with Gasteiger partial charge in [0.25, 0.3) is 5.91 Å². The molecule has 0 aliphatic carbocycles. The van der Waals surface area contributed by atoms with E-state index in [1.54, 1.807) is 0 Å². The van der Waals surface area contributed by atoms with E-state index >= 15 is 0 Å². The summed E-state index contributed by atoms with van der Waals surface area (Å²) in [5.41, 5.74) is 1.09. The van der Waals surface area contributed by atoms with Gasteiger partial charge in [-0.25, -0.2) is 0 Å². The van der Waals surface area contributed by atoms with E-state index < -0.39 is 17.6 Å². The van der Waals surface area contributed by atoms with Crippen LogP contribution in [-0.4, -0.2) is 10.5 Å². The fourth-order valence-electron chi connectivity index (χ4n) is 1.95. The van der Waals surface area contributed by atoms with Crippen LogP contribution < -0.4 is 5.32 Å². The standard InChI is InChI=1S/C15H15F3N2O/c1-10-6-7-13(20(10)2)9-19-14(21)11-4-3-5-12(8-11)15(16,17)18/h3-8H,9H2,1-2H3,(H,19,21). The van der Waals surface area contributed by atoms with E-state index in [0.717, 1.165) is 23.5 Å². The third-order valence-electron chi connectivity index (χ3n) is 3.36. The maximum atomic E-state index is 12.6. The second-order valence-corrected chi connectivity index (χ2v) is 4.79. The van der Waals surface area contributed by atoms with Gasteiger partial charge in [0.1, 0.15) is 0 Å². The van der Waals surface area contributed by atoms with Crippen LogP contribution in [0, 0.1) is 6.92 Å². The zero-order valence-corrected chi connectivity index (χ0v) is 11.7. The van der Waals surface area contributed by atoms with Crippen LogP contribution in [0.4, 0.5) is 13.2 Å². The molecule has 0 bridgehead atoms. The molecular formula is C15H15F3N2O. The van der Waals surface area contributed by atoms with Gasteiger partial charge in [-0.05, 0) is 37.3 Å². The number of nitrogens with zero attached hydrogens (tertiary/aromatic N) is 1. The molecule has 1 N–H and O–H groups in total. The van der Waals surface area contributed by atoms with Crippen molar-refractivity contribution >= 4 is 5.91 Å². The van der Waals surface area contributed by atoms with Crippen molar-refractivity contribution in [3.63, 3.8) is 0 Å². The quantitative estimate of drug-likeness (QED) is 0.926. The fourth-order valence-corrected chi connectivity index (χ4v) is 1.95. The average molecular weight is 296 g/mol. The molecule has 112 valence electrons. The number of hydrogen-bond donors (Lipinski definition) is 1. The molecule has 3 nitrogen and oxygen atoms in total. The second-order valence-electron chi connectivity index (χ2n) is 4.79. The Labute approximate surface area is 120 Å². The zero-order chi connectivity index (χ0) is 15.6. The molecule has 2 aromatic rings. The number of aryl methyl sites for hydroxylation is 1. The molecule has 2 rings (SSSR count). The summed E-state index contributed by atoms with van der Waals surface area (Å²) < 4.78 is 39.7. The molecule has 1 heterocycles. The average Bonchev–Trinajstić information content (AvgIpc) is 2.75. The van der Waals surface area contributed by atoms with E-state index in [0.29, 0.717) is 0 Å². The number of carbonyl (C=O) groups excluding carboxylic acids is 1. The van der Waals surface area contributed by atoms with Crippen LogP contribution in [0.15, 0.2) is 36.4 Å². The number of halogens is 3. The molecule has 0 aliphatic heterocycles. The SMILES string of the molecule is Cc1ccc(CNC(=O)c2cccc(C(F)(F)F)c2)n1C. The second kappa shape index (κ2) is 5.63. The normalized spacial score (nSPS) is 11.5. The predicted molar refractivity (Wildman–Crippen MR) is 72.8 cm³/mol. The van der Waals surface area contributed by atoms with Crippen LogP contribution in [-0.2, 0) is 19.8 Å². The monoisotopic (exact) mass is 296 g/mol. The number of rotatable bonds is 3. The smallest absolute Gasteiger partial charge is 0.350 e. The van der Waals surface area contributed by atoms with Gasteiger partial charge in [-0.2, -0.15) is 13.2 Å². The molecule has 0 fully saturated rings. The lowest BCUT2D eigenvalue weighted by Gasteiger charge is -2.10. The zero-order valence-electron chi connectivity index (χ0n) is 11.7. The number of nitrogens with one attached hydrogen (secondary N) is 1. The van der Waals surface area contributed by atoms with E-state index in [1.165, 1.54) is 12.1 Å². The van der Waals surface area contributed by atoms with Gasteiger partial charge in [-0.3, -0.25) is 4.79 Å². The first-order chi connectivity index (χ1) is 9.79. The van der Waals surface area contributed by atoms with Crippen molar-refractivity contribution in [3.05, 3.63) is 58.9 Å². The molecule has 1 amide bonds. The van der Waals surface area contributed by atoms with Crippen LogP contribution in [0.3, 0.4) is 0 Å². The van der Waals surface area contributed by atoms with Crippen LogP contribution in [0.5, 0.6) is 0 Å². The molecule has 0 atom stereocenters. The van der Waals surface area contributed by atoms with Crippen LogP contribution in [0.25, 0.3) is 0 Å². The fraction of sp³-hybridized carbons (Fsp3) is 0.267. The van der Waals surface area contributed by atoms with Crippen LogP contribution >= 0.6 is 0 Å². The highest BCUT2D eigenvalue weighted by molar-refractivity contribution is 5.94. The van der Waals surface area contributed by atoms with E-state index in [-0.39, 0.29) is 12.1 Å². The Morgan fingerprint density at radius 1 is 1.24 bits per heavy atom. The Morgan fingerprint density at radius 2 is 1.95 bits per heavy atom. The van der Waals surface area contributed by atoms with Gasteiger partial charge in [0, 0.05) is 24.0 Å². The lowest BCUT2D eigenvalue weighted by Crippen LogP contribution is -2.24. The van der Waals surface area contributed by atoms with Crippen molar-refractivity contribution in [3.8, 4) is 0 Å². The maximum absolute atomic E-state index is 12.6. The first-order valence-electron chi connectivity index (χ1n) is 6.35. The lowest BCUT2D eigenvalue weighted by atomic mass is 10.1. The van der Waals surface area contributed by atoms with Crippen molar-refractivity contribution in [1.29, 1.82) is 0 Å². The Balaban J connectivity index is 2.09. The van der Waals surface area contributed by atoms with Crippen LogP contribution in [0.2, 0.25) is 0 Å². The summed E-state index contributed by atoms with van der Waals surface area (Å²) >= 11 is 0. The van der Waals surface area contributed by atoms with Crippen molar-refractivity contribution in [2.45, 2.75) is 19.6 Å². The molecule has 1 aromatic carbocycles. The highest BCUT2D eigenvalue weighted by Gasteiger charge is 2.30. The summed E-state index contributed by atoms with van der Waals surface area (Å²) in [5, 5.41) is 2.62. The first-order valence-corrected chi connectivity index (χ1v) is 6.35. The van der Waals surface area contributed by atoms with Crippen LogP contribution in [0.1, 0.15) is 27.3 Å². The molecule has 0 unspecified atom stereocenters. The van der Waals surface area contributed by atoms with Gasteiger partial charge < -0.3 is 9.88 Å². The largest absolute Gasteiger partial charge is 0.416 e. The molecule has 0 saturated carbocycles. The molecular weight excluding hydrogens is 281 g/mol. The number of aromatic nitrogens is 1. The minimum absolute atomic E-state index is 0.00393. The van der Waals surface area contributed by atoms with E-state index in [1.807, 2.05) is 30.7 Å². The third-order valence-corrected chi connectivity index (χ3v) is 3.36. The van der Waals surface area contributed by atoms with E-state index in [9.17, 15) is 18.0 Å². The molecule has 0 aliphatic rings. The number of benzene rings is 1. The summed E-state index contributed by atoms with van der Waals surface area (Å²) in [6, 6.07) is 8.15. The summed E-state index contributed by atoms with van der Waals surface area (Å²) in [4.78, 5) is 11.9. The van der Waals surface area contributed by atoms with Gasteiger partial charge in [-0.1, -0.05) is 6.07 Å². The van der Waals surface area contributed by atoms with Crippen molar-refractivity contribution in [2.75, 3.05) is 0 Å². The molecule has 1 aromatic heterocycles. The number of alkyl halides is 3. The predicted octanol–water partition coefficient (Wildman–Crippen LogP) is 3.28. The van der Waals surface area contributed by atoms with E-state index in [2.05, 4.69) is 5.32 Å². The van der Waals surface area contributed by atoms with Gasteiger partial charge in [-0.15, -0.1) is 0 Å². The van der Waals surface area contributed by atoms with Gasteiger partial charge >= 0.3 is 6.18 Å². The Kier molecular flexibility index (Phi) is 4.06. The Morgan fingerprint density at radius 3 is 2.52 bits per heavy atom. The summed E-state index contributed by atoms with van der Waals surface area (Å²) in [6.07, 6.45) is -4.45. The number of hydrogen-bond acceptors (Lipinski definition) is 1. The summed E-state index contributed by atoms with van der Waals surface area (Å²) in [7, 11) is 1.86. The third kappa shape index (κ3) is 3.45. The highest BCUT2D eigenvalue weighted by atomic mass is 19.4. The topological polar surface area (TPSA) is 34.0 Å². The highest BCUT2D eigenvalue weighted by Crippen LogP contribution is 2.29. The maximum Gasteiger partial charge on any atom is 0.416 e. The number of amides is 1. The minimum Gasteiger partial charge on any atom is -0.350 e. The number of carbonyl (C=O) groups is 1.